The maximum absolute atomic E-state index is 13.6. The molecule has 1 heterocycles. The van der Waals surface area contributed by atoms with Crippen molar-refractivity contribution in [1.82, 2.24) is 4.90 Å². The van der Waals surface area contributed by atoms with E-state index in [2.05, 4.69) is 4.99 Å². The first kappa shape index (κ1) is 17.4. The van der Waals surface area contributed by atoms with Crippen LogP contribution in [0, 0.1) is 0 Å². The van der Waals surface area contributed by atoms with Crippen molar-refractivity contribution < 1.29 is 4.39 Å². The van der Waals surface area contributed by atoms with Crippen molar-refractivity contribution in [1.29, 1.82) is 0 Å². The van der Waals surface area contributed by atoms with E-state index in [1.165, 1.54) is 0 Å². The SMILES string of the molecule is C/C=C(\C=C/C(N)CC)C(/N)=C/C(=NC)N1CC(C)(F)C1. The van der Waals surface area contributed by atoms with Gasteiger partial charge in [0.2, 0.25) is 0 Å². The van der Waals surface area contributed by atoms with Crippen molar-refractivity contribution in [2.45, 2.75) is 38.9 Å². The second-order valence-corrected chi connectivity index (χ2v) is 5.63. The third-order valence-electron chi connectivity index (χ3n) is 3.52. The zero-order chi connectivity index (χ0) is 16.0. The van der Waals surface area contributed by atoms with Gasteiger partial charge in [0, 0.05) is 24.9 Å². The number of amidine groups is 1. The van der Waals surface area contributed by atoms with Gasteiger partial charge in [0.25, 0.3) is 0 Å². The zero-order valence-electron chi connectivity index (χ0n) is 13.4. The molecule has 1 unspecified atom stereocenters. The van der Waals surface area contributed by atoms with E-state index in [0.29, 0.717) is 24.6 Å². The summed E-state index contributed by atoms with van der Waals surface area (Å²) in [6, 6.07) is 0.0229. The zero-order valence-corrected chi connectivity index (χ0v) is 13.4. The number of likely N-dealkylation sites (tertiary alicyclic amines) is 1. The van der Waals surface area contributed by atoms with Crippen molar-refractivity contribution in [3.63, 3.8) is 0 Å². The molecule has 0 aromatic heterocycles. The summed E-state index contributed by atoms with van der Waals surface area (Å²) in [5.74, 6) is 0.704. The molecule has 1 saturated heterocycles. The van der Waals surface area contributed by atoms with Gasteiger partial charge >= 0.3 is 0 Å². The topological polar surface area (TPSA) is 67.6 Å². The number of rotatable bonds is 5. The third-order valence-corrected chi connectivity index (χ3v) is 3.52. The van der Waals surface area contributed by atoms with E-state index < -0.39 is 5.67 Å². The molecular weight excluding hydrogens is 267 g/mol. The summed E-state index contributed by atoms with van der Waals surface area (Å²) >= 11 is 0. The van der Waals surface area contributed by atoms with Crippen molar-refractivity contribution in [3.05, 3.63) is 35.6 Å². The van der Waals surface area contributed by atoms with Crippen LogP contribution < -0.4 is 11.5 Å². The number of halogens is 1. The summed E-state index contributed by atoms with van der Waals surface area (Å²) in [5.41, 5.74) is 12.3. The number of nitrogens with two attached hydrogens (primary N) is 2. The summed E-state index contributed by atoms with van der Waals surface area (Å²) in [6.07, 6.45) is 8.44. The number of nitrogens with zero attached hydrogens (tertiary/aromatic N) is 2. The van der Waals surface area contributed by atoms with E-state index in [0.717, 1.165) is 12.0 Å². The van der Waals surface area contributed by atoms with Crippen LogP contribution in [-0.4, -0.2) is 42.6 Å². The normalized spacial score (nSPS) is 21.6. The lowest BCUT2D eigenvalue weighted by molar-refractivity contribution is 0.0311. The van der Waals surface area contributed by atoms with Crippen LogP contribution in [0.4, 0.5) is 4.39 Å². The highest BCUT2D eigenvalue weighted by atomic mass is 19.1. The molecule has 4 N–H and O–H groups in total. The highest BCUT2D eigenvalue weighted by molar-refractivity contribution is 5.94. The number of hydrogen-bond donors (Lipinski definition) is 2. The first-order valence-electron chi connectivity index (χ1n) is 7.31. The van der Waals surface area contributed by atoms with E-state index in [4.69, 9.17) is 11.5 Å². The van der Waals surface area contributed by atoms with Crippen LogP contribution in [0.1, 0.15) is 27.2 Å². The summed E-state index contributed by atoms with van der Waals surface area (Å²) in [7, 11) is 1.69. The molecule has 0 aromatic carbocycles. The lowest BCUT2D eigenvalue weighted by Gasteiger charge is -2.43. The fourth-order valence-corrected chi connectivity index (χ4v) is 2.15. The van der Waals surface area contributed by atoms with Gasteiger partial charge in [0.05, 0.1) is 13.1 Å². The van der Waals surface area contributed by atoms with Gasteiger partial charge in [-0.25, -0.2) is 4.39 Å². The standard InChI is InChI=1S/C16H27FN4/c1-5-12(7-8-13(18)6-2)14(19)9-15(20-4)21-10-16(3,17)11-21/h5,7-9,13H,6,10-11,18-19H2,1-4H3/b8-7-,12-5+,14-9-,20-15?. The van der Waals surface area contributed by atoms with Gasteiger partial charge in [-0.3, -0.25) is 4.99 Å². The maximum atomic E-state index is 13.6. The minimum atomic E-state index is -1.13. The Morgan fingerprint density at radius 3 is 2.52 bits per heavy atom. The molecule has 0 saturated carbocycles. The van der Waals surface area contributed by atoms with E-state index in [1.54, 1.807) is 20.0 Å². The molecule has 1 rings (SSSR count). The molecule has 21 heavy (non-hydrogen) atoms. The first-order valence-corrected chi connectivity index (χ1v) is 7.31. The van der Waals surface area contributed by atoms with Crippen LogP contribution >= 0.6 is 0 Å². The molecule has 5 heteroatoms. The van der Waals surface area contributed by atoms with Gasteiger partial charge in [-0.2, -0.15) is 0 Å². The third kappa shape index (κ3) is 5.01. The lowest BCUT2D eigenvalue weighted by Crippen LogP contribution is -2.59. The molecule has 1 aliphatic rings. The van der Waals surface area contributed by atoms with Gasteiger partial charge in [-0.15, -0.1) is 0 Å². The molecule has 1 aliphatic heterocycles. The van der Waals surface area contributed by atoms with E-state index in [9.17, 15) is 4.39 Å². The van der Waals surface area contributed by atoms with Gasteiger partial charge in [-0.1, -0.05) is 25.2 Å². The monoisotopic (exact) mass is 294 g/mol. The highest BCUT2D eigenvalue weighted by Gasteiger charge is 2.39. The van der Waals surface area contributed by atoms with Crippen molar-refractivity contribution in [2.75, 3.05) is 20.1 Å². The van der Waals surface area contributed by atoms with Crippen molar-refractivity contribution in [2.24, 2.45) is 16.5 Å². The van der Waals surface area contributed by atoms with Crippen LogP contribution in [0.3, 0.4) is 0 Å². The second-order valence-electron chi connectivity index (χ2n) is 5.63. The van der Waals surface area contributed by atoms with Crippen LogP contribution in [0.25, 0.3) is 0 Å². The van der Waals surface area contributed by atoms with Crippen LogP contribution in [-0.2, 0) is 0 Å². The quantitative estimate of drug-likeness (QED) is 0.464. The average molecular weight is 294 g/mol. The first-order chi connectivity index (χ1) is 9.82. The van der Waals surface area contributed by atoms with E-state index in [-0.39, 0.29) is 6.04 Å². The van der Waals surface area contributed by atoms with Crippen LogP contribution in [0.15, 0.2) is 40.6 Å². The Bertz CT molecular complexity index is 467. The fraction of sp³-hybridized carbons (Fsp3) is 0.562. The smallest absolute Gasteiger partial charge is 0.143 e. The van der Waals surface area contributed by atoms with E-state index in [1.807, 2.05) is 37.0 Å². The summed E-state index contributed by atoms with van der Waals surface area (Å²) in [6.45, 7) is 6.25. The maximum Gasteiger partial charge on any atom is 0.143 e. The average Bonchev–Trinajstić information content (AvgIpc) is 2.42. The molecule has 0 amide bonds. The molecule has 1 atom stereocenters. The number of hydrogen-bond acceptors (Lipinski definition) is 3. The van der Waals surface area contributed by atoms with Gasteiger partial charge in [0.15, 0.2) is 0 Å². The predicted molar refractivity (Wildman–Crippen MR) is 87.9 cm³/mol. The Hall–Kier alpha value is -1.62. The summed E-state index contributed by atoms with van der Waals surface area (Å²) in [5, 5.41) is 0. The summed E-state index contributed by atoms with van der Waals surface area (Å²) < 4.78 is 13.6. The Kier molecular flexibility index (Phi) is 6.15. The van der Waals surface area contributed by atoms with Crippen molar-refractivity contribution in [3.8, 4) is 0 Å². The Morgan fingerprint density at radius 1 is 1.48 bits per heavy atom. The van der Waals surface area contributed by atoms with Crippen LogP contribution in [0.5, 0.6) is 0 Å². The lowest BCUT2D eigenvalue weighted by atomic mass is 9.98. The molecule has 0 radical (unpaired) electrons. The van der Waals surface area contributed by atoms with E-state index >= 15 is 0 Å². The Balaban J connectivity index is 2.79. The molecule has 0 bridgehead atoms. The molecule has 0 aliphatic carbocycles. The highest BCUT2D eigenvalue weighted by Crippen LogP contribution is 2.25. The minimum absolute atomic E-state index is 0.0229. The number of allylic oxidation sites excluding steroid dienone is 2. The molecule has 1 fully saturated rings. The largest absolute Gasteiger partial charge is 0.398 e. The molecular formula is C16H27FN4. The van der Waals surface area contributed by atoms with Gasteiger partial charge in [-0.05, 0) is 25.8 Å². The molecule has 4 nitrogen and oxygen atoms in total. The molecule has 0 spiro atoms. The minimum Gasteiger partial charge on any atom is -0.398 e. The number of alkyl halides is 1. The van der Waals surface area contributed by atoms with Crippen LogP contribution in [0.2, 0.25) is 0 Å². The second kappa shape index (κ2) is 7.41. The molecule has 118 valence electrons. The fourth-order valence-electron chi connectivity index (χ4n) is 2.15. The van der Waals surface area contributed by atoms with Gasteiger partial charge in [0.1, 0.15) is 11.5 Å². The van der Waals surface area contributed by atoms with Gasteiger partial charge < -0.3 is 16.4 Å². The van der Waals surface area contributed by atoms with Crippen molar-refractivity contribution >= 4 is 5.84 Å². The number of aliphatic imine (C=N–C) groups is 1. The molecule has 0 aromatic rings. The Morgan fingerprint density at radius 2 is 2.10 bits per heavy atom. The predicted octanol–water partition coefficient (Wildman–Crippen LogP) is 2.14. The summed E-state index contributed by atoms with van der Waals surface area (Å²) in [4.78, 5) is 6.06. The Labute approximate surface area is 127 Å².